The Morgan fingerprint density at radius 1 is 1.24 bits per heavy atom. The zero-order chi connectivity index (χ0) is 18.2. The lowest BCUT2D eigenvalue weighted by atomic mass is 9.96. The molecule has 1 saturated carbocycles. The molecule has 3 rings (SSSR count). The maximum atomic E-state index is 12.8. The van der Waals surface area contributed by atoms with Crippen LogP contribution in [0.4, 0.5) is 5.82 Å². The third-order valence-electron chi connectivity index (χ3n) is 4.95. The van der Waals surface area contributed by atoms with Gasteiger partial charge in [-0.3, -0.25) is 9.59 Å². The van der Waals surface area contributed by atoms with Gasteiger partial charge >= 0.3 is 0 Å². The number of carbonyl (C=O) groups is 2. The molecule has 25 heavy (non-hydrogen) atoms. The molecule has 1 aromatic rings. The smallest absolute Gasteiger partial charge is 0.230 e. The number of aromatic nitrogens is 1. The SMILES string of the molecule is CC(C)(C)n1cc(C#N)cc1NC(=O)C1CCCN(C(=O)C2CC2)C1. The van der Waals surface area contributed by atoms with E-state index in [1.54, 1.807) is 12.3 Å². The first-order valence-electron chi connectivity index (χ1n) is 9.02. The molecule has 6 nitrogen and oxygen atoms in total. The lowest BCUT2D eigenvalue weighted by Crippen LogP contribution is -2.44. The number of hydrogen-bond donors (Lipinski definition) is 1. The molecular weight excluding hydrogens is 316 g/mol. The minimum absolute atomic E-state index is 0.0682. The second-order valence-corrected chi connectivity index (χ2v) is 8.15. The molecule has 134 valence electrons. The van der Waals surface area contributed by atoms with Crippen molar-refractivity contribution in [1.82, 2.24) is 9.47 Å². The largest absolute Gasteiger partial charge is 0.342 e. The van der Waals surface area contributed by atoms with E-state index in [2.05, 4.69) is 11.4 Å². The fourth-order valence-corrected chi connectivity index (χ4v) is 3.38. The molecule has 1 aliphatic heterocycles. The Morgan fingerprint density at radius 2 is 1.96 bits per heavy atom. The molecule has 1 aliphatic carbocycles. The highest BCUT2D eigenvalue weighted by Gasteiger charge is 2.37. The Balaban J connectivity index is 1.70. The van der Waals surface area contributed by atoms with Gasteiger partial charge in [0.05, 0.1) is 11.5 Å². The van der Waals surface area contributed by atoms with Crippen molar-refractivity contribution in [1.29, 1.82) is 5.26 Å². The van der Waals surface area contributed by atoms with Crippen LogP contribution in [0.3, 0.4) is 0 Å². The summed E-state index contributed by atoms with van der Waals surface area (Å²) in [5.74, 6) is 0.784. The number of nitrogens with one attached hydrogen (secondary N) is 1. The van der Waals surface area contributed by atoms with Crippen LogP contribution in [0.25, 0.3) is 0 Å². The summed E-state index contributed by atoms with van der Waals surface area (Å²) in [7, 11) is 0. The van der Waals surface area contributed by atoms with Gasteiger partial charge in [-0.1, -0.05) is 0 Å². The highest BCUT2D eigenvalue weighted by molar-refractivity contribution is 5.93. The molecule has 0 bridgehead atoms. The average molecular weight is 342 g/mol. The molecule has 1 unspecified atom stereocenters. The summed E-state index contributed by atoms with van der Waals surface area (Å²) in [6, 6.07) is 3.84. The Labute approximate surface area is 148 Å². The highest BCUT2D eigenvalue weighted by Crippen LogP contribution is 2.33. The molecule has 2 amide bonds. The Hall–Kier alpha value is -2.29. The van der Waals surface area contributed by atoms with Gasteiger partial charge in [0.1, 0.15) is 11.9 Å². The van der Waals surface area contributed by atoms with E-state index in [9.17, 15) is 9.59 Å². The summed E-state index contributed by atoms with van der Waals surface area (Å²) >= 11 is 0. The van der Waals surface area contributed by atoms with E-state index in [-0.39, 0.29) is 29.2 Å². The monoisotopic (exact) mass is 342 g/mol. The van der Waals surface area contributed by atoms with Crippen LogP contribution in [0, 0.1) is 23.2 Å². The van der Waals surface area contributed by atoms with Crippen LogP contribution in [0.2, 0.25) is 0 Å². The van der Waals surface area contributed by atoms with E-state index >= 15 is 0 Å². The van der Waals surface area contributed by atoms with Crippen LogP contribution in [-0.4, -0.2) is 34.4 Å². The Kier molecular flexibility index (Phi) is 4.59. The van der Waals surface area contributed by atoms with E-state index in [1.807, 2.05) is 30.2 Å². The lowest BCUT2D eigenvalue weighted by Gasteiger charge is -2.32. The standard InChI is InChI=1S/C19H26N4O2/c1-19(2,3)23-11-13(10-20)9-16(23)21-17(24)15-5-4-8-22(12-15)18(25)14-6-7-14/h9,11,14-15H,4-8,12H2,1-3H3,(H,21,24). The van der Waals surface area contributed by atoms with Crippen molar-refractivity contribution >= 4 is 17.6 Å². The van der Waals surface area contributed by atoms with E-state index in [0.717, 1.165) is 32.2 Å². The molecule has 1 atom stereocenters. The number of likely N-dealkylation sites (tertiary alicyclic amines) is 1. The second-order valence-electron chi connectivity index (χ2n) is 8.15. The molecule has 0 spiro atoms. The zero-order valence-electron chi connectivity index (χ0n) is 15.2. The third-order valence-corrected chi connectivity index (χ3v) is 4.95. The highest BCUT2D eigenvalue weighted by atomic mass is 16.2. The number of hydrogen-bond acceptors (Lipinski definition) is 3. The quantitative estimate of drug-likeness (QED) is 0.917. The van der Waals surface area contributed by atoms with Gasteiger partial charge in [-0.2, -0.15) is 5.26 Å². The third kappa shape index (κ3) is 3.87. The maximum Gasteiger partial charge on any atom is 0.230 e. The van der Waals surface area contributed by atoms with Crippen LogP contribution < -0.4 is 5.32 Å². The van der Waals surface area contributed by atoms with Crippen molar-refractivity contribution in [3.63, 3.8) is 0 Å². The molecule has 0 aromatic carbocycles. The molecular formula is C19H26N4O2. The lowest BCUT2D eigenvalue weighted by molar-refractivity contribution is -0.135. The van der Waals surface area contributed by atoms with Crippen molar-refractivity contribution in [2.75, 3.05) is 18.4 Å². The van der Waals surface area contributed by atoms with Crippen molar-refractivity contribution in [2.45, 2.75) is 52.0 Å². The molecule has 1 saturated heterocycles. The van der Waals surface area contributed by atoms with Gasteiger partial charge in [0, 0.05) is 30.7 Å². The minimum Gasteiger partial charge on any atom is -0.342 e. The first-order chi connectivity index (χ1) is 11.8. The van der Waals surface area contributed by atoms with Gasteiger partial charge in [-0.15, -0.1) is 0 Å². The molecule has 2 aliphatic rings. The fourth-order valence-electron chi connectivity index (χ4n) is 3.38. The number of rotatable bonds is 3. The second kappa shape index (κ2) is 6.55. The summed E-state index contributed by atoms with van der Waals surface area (Å²) < 4.78 is 1.92. The van der Waals surface area contributed by atoms with Gasteiger partial charge in [0.15, 0.2) is 0 Å². The first-order valence-corrected chi connectivity index (χ1v) is 9.02. The average Bonchev–Trinajstić information content (AvgIpc) is 3.33. The number of nitrogens with zero attached hydrogens (tertiary/aromatic N) is 3. The van der Waals surface area contributed by atoms with Gasteiger partial charge in [0.25, 0.3) is 0 Å². The van der Waals surface area contributed by atoms with E-state index in [1.165, 1.54) is 0 Å². The zero-order valence-corrected chi connectivity index (χ0v) is 15.2. The van der Waals surface area contributed by atoms with Crippen molar-refractivity contribution < 1.29 is 9.59 Å². The van der Waals surface area contributed by atoms with E-state index in [0.29, 0.717) is 17.9 Å². The number of carbonyl (C=O) groups excluding carboxylic acids is 2. The Morgan fingerprint density at radius 3 is 2.56 bits per heavy atom. The summed E-state index contributed by atoms with van der Waals surface area (Å²) in [4.78, 5) is 26.9. The summed E-state index contributed by atoms with van der Waals surface area (Å²) in [6.07, 6.45) is 5.39. The normalized spacial score (nSPS) is 20.9. The van der Waals surface area contributed by atoms with Crippen molar-refractivity contribution in [3.8, 4) is 6.07 Å². The number of anilines is 1. The number of piperidine rings is 1. The van der Waals surface area contributed by atoms with E-state index < -0.39 is 0 Å². The molecule has 0 radical (unpaired) electrons. The van der Waals surface area contributed by atoms with Crippen molar-refractivity contribution in [2.24, 2.45) is 11.8 Å². The fraction of sp³-hybridized carbons (Fsp3) is 0.632. The number of nitriles is 1. The predicted octanol–water partition coefficient (Wildman–Crippen LogP) is 2.70. The van der Waals surface area contributed by atoms with Crippen LogP contribution in [0.5, 0.6) is 0 Å². The predicted molar refractivity (Wildman–Crippen MR) is 94.8 cm³/mol. The Bertz CT molecular complexity index is 719. The van der Waals surface area contributed by atoms with Gasteiger partial charge in [-0.25, -0.2) is 0 Å². The summed E-state index contributed by atoms with van der Waals surface area (Å²) in [5.41, 5.74) is 0.289. The number of amides is 2. The summed E-state index contributed by atoms with van der Waals surface area (Å²) in [5, 5.41) is 12.1. The van der Waals surface area contributed by atoms with Crippen molar-refractivity contribution in [3.05, 3.63) is 17.8 Å². The molecule has 2 heterocycles. The molecule has 6 heteroatoms. The maximum absolute atomic E-state index is 12.8. The van der Waals surface area contributed by atoms with Crippen LogP contribution in [0.1, 0.15) is 52.0 Å². The van der Waals surface area contributed by atoms with E-state index in [4.69, 9.17) is 5.26 Å². The van der Waals surface area contributed by atoms with Crippen LogP contribution in [-0.2, 0) is 15.1 Å². The van der Waals surface area contributed by atoms with Crippen LogP contribution >= 0.6 is 0 Å². The molecule has 2 fully saturated rings. The topological polar surface area (TPSA) is 78.1 Å². The molecule has 1 aromatic heterocycles. The van der Waals surface area contributed by atoms with Gasteiger partial charge < -0.3 is 14.8 Å². The van der Waals surface area contributed by atoms with Gasteiger partial charge in [0.2, 0.25) is 11.8 Å². The molecule has 1 N–H and O–H groups in total. The van der Waals surface area contributed by atoms with Crippen LogP contribution in [0.15, 0.2) is 12.3 Å². The van der Waals surface area contributed by atoms with Gasteiger partial charge in [-0.05, 0) is 52.5 Å². The summed E-state index contributed by atoms with van der Waals surface area (Å²) in [6.45, 7) is 7.35. The first kappa shape index (κ1) is 17.5. The minimum atomic E-state index is -0.238.